The minimum atomic E-state index is -0.665. The van der Waals surface area contributed by atoms with Crippen molar-refractivity contribution < 1.29 is 18.6 Å². The summed E-state index contributed by atoms with van der Waals surface area (Å²) < 4.78 is 37.3. The van der Waals surface area contributed by atoms with Crippen molar-refractivity contribution in [2.24, 2.45) is 0 Å². The number of aliphatic hydroxyl groups is 1. The van der Waals surface area contributed by atoms with Gasteiger partial charge in [0, 0.05) is 54.3 Å². The zero-order chi connectivity index (χ0) is 27.7. The SMILES string of the molecule is CN1C[C@H](O)C[C@H]1COc1nc(N2CC3CCC(C2)N3)c2cc(Cl)c(-c3ccc(F)c4sc(N)nc34)c(F)c2n1. The van der Waals surface area contributed by atoms with Crippen LogP contribution in [-0.4, -0.2) is 82.5 Å². The maximum absolute atomic E-state index is 16.5. The lowest BCUT2D eigenvalue weighted by molar-refractivity contribution is 0.182. The number of fused-ring (bicyclic) bond motifs is 4. The highest BCUT2D eigenvalue weighted by atomic mass is 35.5. The van der Waals surface area contributed by atoms with Crippen LogP contribution in [-0.2, 0) is 0 Å². The summed E-state index contributed by atoms with van der Waals surface area (Å²) in [5.74, 6) is -0.587. The van der Waals surface area contributed by atoms with Gasteiger partial charge in [-0.2, -0.15) is 9.97 Å². The third kappa shape index (κ3) is 4.42. The van der Waals surface area contributed by atoms with E-state index in [0.29, 0.717) is 41.8 Å². The molecule has 3 aliphatic heterocycles. The molecule has 0 aliphatic carbocycles. The molecule has 210 valence electrons. The lowest BCUT2D eigenvalue weighted by atomic mass is 10.0. The van der Waals surface area contributed by atoms with Crippen molar-refractivity contribution in [3.63, 3.8) is 0 Å². The van der Waals surface area contributed by atoms with Crippen molar-refractivity contribution in [1.82, 2.24) is 25.2 Å². The number of hydrogen-bond acceptors (Lipinski definition) is 10. The number of benzene rings is 2. The number of ether oxygens (including phenoxy) is 1. The summed E-state index contributed by atoms with van der Waals surface area (Å²) in [6, 6.07) is 5.08. The maximum Gasteiger partial charge on any atom is 0.319 e. The van der Waals surface area contributed by atoms with Gasteiger partial charge >= 0.3 is 6.01 Å². The van der Waals surface area contributed by atoms with Gasteiger partial charge < -0.3 is 25.8 Å². The number of nitrogens with zero attached hydrogens (tertiary/aromatic N) is 5. The fraction of sp³-hybridized carbons (Fsp3) is 0.444. The molecular weight excluding hydrogens is 560 g/mol. The Morgan fingerprint density at radius 2 is 1.93 bits per heavy atom. The van der Waals surface area contributed by atoms with Crippen molar-refractivity contribution >= 4 is 55.0 Å². The summed E-state index contributed by atoms with van der Waals surface area (Å²) in [5, 5.41) is 14.4. The Morgan fingerprint density at radius 3 is 2.65 bits per heavy atom. The summed E-state index contributed by atoms with van der Waals surface area (Å²) in [7, 11) is 1.93. The zero-order valence-corrected chi connectivity index (χ0v) is 23.3. The van der Waals surface area contributed by atoms with E-state index in [1.165, 1.54) is 12.1 Å². The highest BCUT2D eigenvalue weighted by Crippen LogP contribution is 2.43. The number of nitrogens with one attached hydrogen (secondary N) is 1. The molecule has 2 unspecified atom stereocenters. The van der Waals surface area contributed by atoms with Crippen LogP contribution in [0.15, 0.2) is 18.2 Å². The number of likely N-dealkylation sites (N-methyl/N-ethyl adjacent to an activating group) is 1. The van der Waals surface area contributed by atoms with E-state index < -0.39 is 17.7 Å². The van der Waals surface area contributed by atoms with Crippen LogP contribution >= 0.6 is 22.9 Å². The van der Waals surface area contributed by atoms with Gasteiger partial charge in [0.15, 0.2) is 10.9 Å². The number of aromatic nitrogens is 3. The molecule has 3 saturated heterocycles. The Labute approximate surface area is 237 Å². The van der Waals surface area contributed by atoms with E-state index in [0.717, 1.165) is 37.3 Å². The minimum Gasteiger partial charge on any atom is -0.462 e. The molecule has 4 atom stereocenters. The van der Waals surface area contributed by atoms with Gasteiger partial charge in [-0.15, -0.1) is 0 Å². The summed E-state index contributed by atoms with van der Waals surface area (Å²) in [5.41, 5.74) is 6.58. The molecule has 13 heteroatoms. The van der Waals surface area contributed by atoms with Crippen LogP contribution in [0.5, 0.6) is 6.01 Å². The number of halogens is 3. The molecule has 3 aliphatic rings. The van der Waals surface area contributed by atoms with Crippen molar-refractivity contribution in [1.29, 1.82) is 0 Å². The topological polar surface area (TPSA) is 113 Å². The molecule has 9 nitrogen and oxygen atoms in total. The molecule has 2 aromatic carbocycles. The van der Waals surface area contributed by atoms with E-state index in [2.05, 4.69) is 20.2 Å². The Bertz CT molecular complexity index is 1630. The van der Waals surface area contributed by atoms with Crippen LogP contribution in [0.25, 0.3) is 32.2 Å². The maximum atomic E-state index is 16.5. The normalized spacial score (nSPS) is 25.0. The third-order valence-electron chi connectivity index (χ3n) is 8.21. The standard InChI is InChI=1S/C27H28ClF2N7O2S/c1-36-10-15(38)6-14(36)11-39-27-34-22-17(25(35-27)37-8-12-2-3-13(9-37)32-12)7-18(28)20(21(22)30)16-4-5-19(29)24-23(16)33-26(31)40-24/h4-5,7,12-15,32,38H,2-3,6,8-11H2,1H3,(H2,31,33)/t12?,13?,14-,15+/m0/s1. The Kier molecular flexibility index (Phi) is 6.43. The van der Waals surface area contributed by atoms with E-state index >= 15 is 4.39 Å². The van der Waals surface area contributed by atoms with Gasteiger partial charge in [-0.25, -0.2) is 13.8 Å². The quantitative estimate of drug-likeness (QED) is 0.321. The van der Waals surface area contributed by atoms with Crippen LogP contribution in [0.4, 0.5) is 19.7 Å². The van der Waals surface area contributed by atoms with E-state index in [4.69, 9.17) is 27.1 Å². The van der Waals surface area contributed by atoms with E-state index in [9.17, 15) is 9.50 Å². The number of hydrogen-bond donors (Lipinski definition) is 3. The molecule has 0 spiro atoms. The number of anilines is 2. The molecule has 40 heavy (non-hydrogen) atoms. The second kappa shape index (κ2) is 9.88. The fourth-order valence-electron chi connectivity index (χ4n) is 6.29. The second-order valence-electron chi connectivity index (χ2n) is 10.9. The first-order valence-corrected chi connectivity index (χ1v) is 14.5. The van der Waals surface area contributed by atoms with Crippen LogP contribution in [0.2, 0.25) is 5.02 Å². The first-order chi connectivity index (χ1) is 19.2. The molecule has 4 aromatic rings. The lowest BCUT2D eigenvalue weighted by Crippen LogP contribution is -2.51. The number of rotatable bonds is 5. The number of β-amino-alcohol motifs (C(OH)–C–C–N with tert-alkyl or cyclic N) is 1. The van der Waals surface area contributed by atoms with Crippen molar-refractivity contribution in [2.45, 2.75) is 43.5 Å². The number of likely N-dealkylation sites (tertiary alicyclic amines) is 1. The Morgan fingerprint density at radius 1 is 1.15 bits per heavy atom. The molecule has 0 amide bonds. The number of thiazole rings is 1. The van der Waals surface area contributed by atoms with Crippen molar-refractivity contribution in [2.75, 3.05) is 43.9 Å². The summed E-state index contributed by atoms with van der Waals surface area (Å²) >= 11 is 7.75. The molecule has 0 saturated carbocycles. The third-order valence-corrected chi connectivity index (χ3v) is 9.40. The van der Waals surface area contributed by atoms with Gasteiger partial charge in [0.05, 0.1) is 21.3 Å². The molecule has 4 N–H and O–H groups in total. The van der Waals surface area contributed by atoms with Gasteiger partial charge in [0.25, 0.3) is 0 Å². The Balaban J connectivity index is 1.37. The van der Waals surface area contributed by atoms with Crippen LogP contribution in [0, 0.1) is 11.6 Å². The average Bonchev–Trinajstić information content (AvgIpc) is 3.58. The van der Waals surface area contributed by atoms with E-state index in [-0.39, 0.29) is 50.1 Å². The van der Waals surface area contributed by atoms with Crippen molar-refractivity contribution in [3.05, 3.63) is 34.9 Å². The predicted octanol–water partition coefficient (Wildman–Crippen LogP) is 3.80. The number of nitrogens with two attached hydrogens (primary N) is 1. The van der Waals surface area contributed by atoms with Gasteiger partial charge in [0.2, 0.25) is 0 Å². The molecular formula is C27H28ClF2N7O2S. The molecule has 2 bridgehead atoms. The Hall–Kier alpha value is -2.90. The number of aliphatic hydroxyl groups excluding tert-OH is 1. The smallest absolute Gasteiger partial charge is 0.319 e. The first-order valence-electron chi connectivity index (χ1n) is 13.3. The van der Waals surface area contributed by atoms with Gasteiger partial charge in [0.1, 0.15) is 23.8 Å². The molecule has 3 fully saturated rings. The number of piperazine rings is 1. The largest absolute Gasteiger partial charge is 0.462 e. The van der Waals surface area contributed by atoms with Crippen LogP contribution in [0.3, 0.4) is 0 Å². The summed E-state index contributed by atoms with van der Waals surface area (Å²) in [6.07, 6.45) is 2.29. The zero-order valence-electron chi connectivity index (χ0n) is 21.7. The van der Waals surface area contributed by atoms with E-state index in [1.54, 1.807) is 6.07 Å². The molecule has 0 radical (unpaired) electrons. The second-order valence-corrected chi connectivity index (χ2v) is 12.4. The monoisotopic (exact) mass is 587 g/mol. The summed E-state index contributed by atoms with van der Waals surface area (Å²) in [6.45, 7) is 2.25. The molecule has 2 aromatic heterocycles. The first kappa shape index (κ1) is 26.0. The van der Waals surface area contributed by atoms with Crippen molar-refractivity contribution in [3.8, 4) is 17.1 Å². The van der Waals surface area contributed by atoms with Gasteiger partial charge in [-0.1, -0.05) is 22.9 Å². The summed E-state index contributed by atoms with van der Waals surface area (Å²) in [4.78, 5) is 17.7. The highest BCUT2D eigenvalue weighted by molar-refractivity contribution is 7.22. The number of nitrogen functional groups attached to an aromatic ring is 1. The molecule has 5 heterocycles. The average molecular weight is 588 g/mol. The predicted molar refractivity (Wildman–Crippen MR) is 152 cm³/mol. The van der Waals surface area contributed by atoms with Crippen LogP contribution < -0.4 is 20.7 Å². The fourth-order valence-corrected chi connectivity index (χ4v) is 7.35. The highest BCUT2D eigenvalue weighted by Gasteiger charge is 2.35. The molecule has 7 rings (SSSR count). The van der Waals surface area contributed by atoms with Crippen LogP contribution in [0.1, 0.15) is 19.3 Å². The van der Waals surface area contributed by atoms with Gasteiger partial charge in [-0.05, 0) is 44.5 Å². The minimum absolute atomic E-state index is 0.0129. The van der Waals surface area contributed by atoms with E-state index in [1.807, 2.05) is 11.9 Å². The van der Waals surface area contributed by atoms with Gasteiger partial charge in [-0.3, -0.25) is 4.90 Å². The lowest BCUT2D eigenvalue weighted by Gasteiger charge is -2.34.